The molecule has 0 aromatic heterocycles. The van der Waals surface area contributed by atoms with Crippen molar-refractivity contribution in [2.75, 3.05) is 25.0 Å². The van der Waals surface area contributed by atoms with Crippen molar-refractivity contribution >= 4 is 19.3 Å². The first-order valence-corrected chi connectivity index (χ1v) is 9.41. The molecule has 1 rings (SSSR count). The Morgan fingerprint density at radius 3 is 2.08 bits per heavy atom. The molecule has 2 unspecified atom stereocenters. The van der Waals surface area contributed by atoms with Crippen LogP contribution >= 0.6 is 7.60 Å². The van der Waals surface area contributed by atoms with Crippen molar-refractivity contribution in [1.82, 2.24) is 0 Å². The maximum Gasteiger partial charge on any atom is 0.347 e. The summed E-state index contributed by atoms with van der Waals surface area (Å²) in [6.07, 6.45) is -1.56. The van der Waals surface area contributed by atoms with Gasteiger partial charge < -0.3 is 29.3 Å². The molecular formula is C15H23NO8P-. The molecule has 0 fully saturated rings. The van der Waals surface area contributed by atoms with Gasteiger partial charge in [0.15, 0.2) is 5.66 Å². The van der Waals surface area contributed by atoms with Crippen molar-refractivity contribution in [1.29, 1.82) is 0 Å². The zero-order chi connectivity index (χ0) is 19.0. The van der Waals surface area contributed by atoms with Crippen LogP contribution in [0.2, 0.25) is 0 Å². The number of aliphatic hydroxyl groups excluding tert-OH is 1. The van der Waals surface area contributed by atoms with Crippen LogP contribution in [0.4, 0.5) is 5.69 Å². The van der Waals surface area contributed by atoms with Crippen LogP contribution in [0.5, 0.6) is 0 Å². The van der Waals surface area contributed by atoms with E-state index < -0.39 is 25.3 Å². The lowest BCUT2D eigenvalue weighted by molar-refractivity contribution is -0.145. The van der Waals surface area contributed by atoms with Crippen molar-refractivity contribution < 1.29 is 33.5 Å². The second kappa shape index (κ2) is 9.86. The molecule has 2 N–H and O–H groups in total. The van der Waals surface area contributed by atoms with Crippen LogP contribution in [0.25, 0.3) is 0 Å². The standard InChI is InChI=1S/C15H23NO8P/c1-4-22-15(18)14(25(21,23-5-2)24-6-3)13(17)11-7-9-12(10-8-11)16(19)20/h7-10,13-14,17,19H,4-6H2,1-3H3/q-1. The van der Waals surface area contributed by atoms with Gasteiger partial charge in [-0.1, -0.05) is 12.1 Å². The molecule has 0 saturated carbocycles. The van der Waals surface area contributed by atoms with E-state index in [0.29, 0.717) is 0 Å². The number of anilines is 1. The first-order chi connectivity index (χ1) is 11.8. The largest absolute Gasteiger partial charge is 0.733 e. The molecule has 2 atom stereocenters. The molecule has 0 aliphatic carbocycles. The molecular weight excluding hydrogens is 353 g/mol. The summed E-state index contributed by atoms with van der Waals surface area (Å²) in [4.78, 5) is 12.3. The second-order valence-electron chi connectivity index (χ2n) is 4.88. The van der Waals surface area contributed by atoms with Gasteiger partial charge in [-0.3, -0.25) is 14.6 Å². The van der Waals surface area contributed by atoms with Gasteiger partial charge in [-0.15, -0.1) is 0 Å². The Morgan fingerprint density at radius 2 is 1.68 bits per heavy atom. The fourth-order valence-corrected chi connectivity index (χ4v) is 4.16. The Hall–Kier alpha value is -1.48. The van der Waals surface area contributed by atoms with Gasteiger partial charge in [0.25, 0.3) is 0 Å². The Labute approximate surface area is 146 Å². The quantitative estimate of drug-likeness (QED) is 0.359. The zero-order valence-electron chi connectivity index (χ0n) is 14.3. The number of esters is 1. The average molecular weight is 376 g/mol. The van der Waals surface area contributed by atoms with Crippen LogP contribution < -0.4 is 5.23 Å². The summed E-state index contributed by atoms with van der Waals surface area (Å²) in [6.45, 7) is 4.78. The monoisotopic (exact) mass is 376 g/mol. The van der Waals surface area contributed by atoms with Crippen molar-refractivity contribution in [2.45, 2.75) is 32.5 Å². The van der Waals surface area contributed by atoms with E-state index in [1.807, 2.05) is 0 Å². The van der Waals surface area contributed by atoms with Gasteiger partial charge in [0.1, 0.15) is 6.10 Å². The maximum atomic E-state index is 13.0. The smallest absolute Gasteiger partial charge is 0.347 e. The lowest BCUT2D eigenvalue weighted by atomic mass is 10.1. The molecule has 0 bridgehead atoms. The minimum absolute atomic E-state index is 0.00843. The van der Waals surface area contributed by atoms with Crippen LogP contribution in [0.15, 0.2) is 24.3 Å². The van der Waals surface area contributed by atoms with Crippen LogP contribution in [0.1, 0.15) is 32.4 Å². The highest BCUT2D eigenvalue weighted by Crippen LogP contribution is 2.57. The number of ether oxygens (including phenoxy) is 1. The third-order valence-corrected chi connectivity index (χ3v) is 5.65. The summed E-state index contributed by atoms with van der Waals surface area (Å²) < 4.78 is 28.3. The van der Waals surface area contributed by atoms with Crippen LogP contribution in [-0.4, -0.2) is 41.8 Å². The number of hydrogen-bond donors (Lipinski definition) is 2. The van der Waals surface area contributed by atoms with E-state index in [-0.39, 0.29) is 36.3 Å². The number of benzene rings is 1. The zero-order valence-corrected chi connectivity index (χ0v) is 15.2. The predicted molar refractivity (Wildman–Crippen MR) is 90.3 cm³/mol. The molecule has 0 radical (unpaired) electrons. The fourth-order valence-electron chi connectivity index (χ4n) is 2.20. The van der Waals surface area contributed by atoms with Crippen LogP contribution in [0, 0.1) is 5.21 Å². The normalized spacial score (nSPS) is 14.0. The van der Waals surface area contributed by atoms with E-state index in [0.717, 1.165) is 0 Å². The molecule has 0 aliphatic rings. The summed E-state index contributed by atoms with van der Waals surface area (Å²) >= 11 is 0. The van der Waals surface area contributed by atoms with E-state index in [1.54, 1.807) is 20.8 Å². The van der Waals surface area contributed by atoms with Crippen molar-refractivity contribution in [3.8, 4) is 0 Å². The molecule has 0 aliphatic heterocycles. The summed E-state index contributed by atoms with van der Waals surface area (Å²) in [5.41, 5.74) is -1.47. The molecule has 1 aromatic rings. The molecule has 0 amide bonds. The van der Waals surface area contributed by atoms with Crippen LogP contribution in [0.3, 0.4) is 0 Å². The first-order valence-electron chi connectivity index (χ1n) is 7.80. The van der Waals surface area contributed by atoms with Gasteiger partial charge in [-0.05, 0) is 38.5 Å². The third-order valence-electron chi connectivity index (χ3n) is 3.24. The van der Waals surface area contributed by atoms with Crippen LogP contribution in [-0.2, 0) is 23.1 Å². The molecule has 25 heavy (non-hydrogen) atoms. The summed E-state index contributed by atoms with van der Waals surface area (Å²) in [6, 6.07) is 5.10. The predicted octanol–water partition coefficient (Wildman–Crippen LogP) is 2.61. The van der Waals surface area contributed by atoms with Gasteiger partial charge in [0, 0.05) is 0 Å². The first kappa shape index (κ1) is 21.6. The lowest BCUT2D eigenvalue weighted by Gasteiger charge is -2.28. The summed E-state index contributed by atoms with van der Waals surface area (Å²) in [7, 11) is -4.01. The highest BCUT2D eigenvalue weighted by molar-refractivity contribution is 7.55. The van der Waals surface area contributed by atoms with Crippen molar-refractivity contribution in [3.63, 3.8) is 0 Å². The molecule has 9 nitrogen and oxygen atoms in total. The molecule has 1 aromatic carbocycles. The minimum atomic E-state index is -4.01. The molecule has 0 spiro atoms. The number of rotatable bonds is 10. The number of hydrogen-bond acceptors (Lipinski definition) is 9. The minimum Gasteiger partial charge on any atom is -0.733 e. The maximum absolute atomic E-state index is 13.0. The summed E-state index contributed by atoms with van der Waals surface area (Å²) in [5.74, 6) is -0.920. The van der Waals surface area contributed by atoms with Crippen molar-refractivity contribution in [3.05, 3.63) is 35.0 Å². The number of carbonyl (C=O) groups is 1. The van der Waals surface area contributed by atoms with E-state index in [2.05, 4.69) is 0 Å². The Morgan fingerprint density at radius 1 is 1.16 bits per heavy atom. The lowest BCUT2D eigenvalue weighted by Crippen LogP contribution is -2.32. The van der Waals surface area contributed by atoms with Crippen molar-refractivity contribution in [2.24, 2.45) is 0 Å². The van der Waals surface area contributed by atoms with E-state index >= 15 is 0 Å². The molecule has 0 saturated heterocycles. The topological polar surface area (TPSA) is 129 Å². The summed E-state index contributed by atoms with van der Waals surface area (Å²) in [5, 5.41) is 29.9. The Balaban J connectivity index is 3.25. The van der Waals surface area contributed by atoms with E-state index in [9.17, 15) is 19.7 Å². The van der Waals surface area contributed by atoms with Gasteiger partial charge >= 0.3 is 13.6 Å². The Bertz CT molecular complexity index is 582. The van der Waals surface area contributed by atoms with E-state index in [4.69, 9.17) is 19.0 Å². The van der Waals surface area contributed by atoms with Gasteiger partial charge in [0.2, 0.25) is 0 Å². The molecule has 0 heterocycles. The average Bonchev–Trinajstić information content (AvgIpc) is 2.55. The number of aliphatic hydroxyl groups is 1. The Kier molecular flexibility index (Phi) is 8.51. The fraction of sp³-hybridized carbons (Fsp3) is 0.533. The third kappa shape index (κ3) is 5.50. The highest BCUT2D eigenvalue weighted by atomic mass is 31.2. The number of carbonyl (C=O) groups excluding carboxylic acids is 1. The highest BCUT2D eigenvalue weighted by Gasteiger charge is 2.47. The second-order valence-corrected chi connectivity index (χ2v) is 7.03. The van der Waals surface area contributed by atoms with Gasteiger partial charge in [-0.2, -0.15) is 0 Å². The SMILES string of the molecule is CCOC(=O)C(C(O)c1ccc(N([O-])O)cc1)P(=O)(OCC)OCC. The molecule has 142 valence electrons. The molecule has 10 heteroatoms. The van der Waals surface area contributed by atoms with E-state index in [1.165, 1.54) is 24.3 Å². The van der Waals surface area contributed by atoms with Gasteiger partial charge in [0.05, 0.1) is 25.5 Å². The number of nitrogens with zero attached hydrogens (tertiary/aromatic N) is 1. The van der Waals surface area contributed by atoms with Gasteiger partial charge in [-0.25, -0.2) is 0 Å².